The van der Waals surface area contributed by atoms with Crippen molar-refractivity contribution in [2.75, 3.05) is 27.3 Å². The summed E-state index contributed by atoms with van der Waals surface area (Å²) in [7, 11) is 3.84. The summed E-state index contributed by atoms with van der Waals surface area (Å²) in [4.78, 5) is 2.29. The molecule has 0 aliphatic carbocycles. The van der Waals surface area contributed by atoms with Crippen LogP contribution in [0, 0.1) is 0 Å². The summed E-state index contributed by atoms with van der Waals surface area (Å²) in [6, 6.07) is 1.00. The topological polar surface area (TPSA) is 38.5 Å². The van der Waals surface area contributed by atoms with Crippen LogP contribution in [0.4, 0.5) is 0 Å². The molecule has 2 N–H and O–H groups in total. The van der Waals surface area contributed by atoms with Crippen LogP contribution in [0.3, 0.4) is 0 Å². The Morgan fingerprint density at radius 3 is 2.33 bits per heavy atom. The van der Waals surface area contributed by atoms with Crippen molar-refractivity contribution in [2.24, 2.45) is 5.73 Å². The fraction of sp³-hybridized carbons (Fsp3) is 1.00. The van der Waals surface area contributed by atoms with Crippen molar-refractivity contribution in [1.29, 1.82) is 0 Å². The fourth-order valence-electron chi connectivity index (χ4n) is 1.09. The molecule has 0 bridgehead atoms. The van der Waals surface area contributed by atoms with E-state index in [0.29, 0.717) is 18.6 Å². The molecule has 0 heterocycles. The molecule has 0 aliphatic heterocycles. The van der Waals surface area contributed by atoms with Crippen LogP contribution in [0.5, 0.6) is 0 Å². The molecule has 0 saturated heterocycles. The number of nitrogens with two attached hydrogens (primary N) is 1. The van der Waals surface area contributed by atoms with Crippen LogP contribution in [0.1, 0.15) is 20.3 Å². The largest absolute Gasteiger partial charge is 0.385 e. The van der Waals surface area contributed by atoms with Gasteiger partial charge < -0.3 is 10.5 Å². The number of nitrogens with zero attached hydrogens (tertiary/aromatic N) is 1. The lowest BCUT2D eigenvalue weighted by atomic mass is 10.2. The smallest absolute Gasteiger partial charge is 0.0477 e. The Kier molecular flexibility index (Phi) is 6.34. The van der Waals surface area contributed by atoms with Gasteiger partial charge in [0.05, 0.1) is 0 Å². The third kappa shape index (κ3) is 4.04. The molecular formula is C9H22N2O. The van der Waals surface area contributed by atoms with Crippen LogP contribution in [-0.4, -0.2) is 44.3 Å². The van der Waals surface area contributed by atoms with Crippen LogP contribution in [0.15, 0.2) is 0 Å². The first-order chi connectivity index (χ1) is 5.63. The Labute approximate surface area is 75.9 Å². The van der Waals surface area contributed by atoms with Gasteiger partial charge in [-0.05, 0) is 27.3 Å². The molecule has 0 aromatic heterocycles. The van der Waals surface area contributed by atoms with Crippen LogP contribution in [0.2, 0.25) is 0 Å². The molecule has 0 amide bonds. The summed E-state index contributed by atoms with van der Waals surface area (Å²) < 4.78 is 5.02. The van der Waals surface area contributed by atoms with Gasteiger partial charge in [-0.15, -0.1) is 0 Å². The van der Waals surface area contributed by atoms with Crippen molar-refractivity contribution in [1.82, 2.24) is 4.90 Å². The lowest BCUT2D eigenvalue weighted by molar-refractivity contribution is 0.134. The number of ether oxygens (including phenoxy) is 1. The average Bonchev–Trinajstić information content (AvgIpc) is 2.11. The van der Waals surface area contributed by atoms with Gasteiger partial charge >= 0.3 is 0 Å². The van der Waals surface area contributed by atoms with E-state index < -0.39 is 0 Å². The van der Waals surface area contributed by atoms with Gasteiger partial charge in [-0.25, -0.2) is 0 Å². The summed E-state index contributed by atoms with van der Waals surface area (Å²) in [6.07, 6.45) is 1.07. The van der Waals surface area contributed by atoms with E-state index in [1.165, 1.54) is 0 Å². The third-order valence-corrected chi connectivity index (χ3v) is 2.47. The van der Waals surface area contributed by atoms with E-state index in [0.717, 1.165) is 13.0 Å². The van der Waals surface area contributed by atoms with E-state index in [2.05, 4.69) is 25.8 Å². The maximum atomic E-state index is 5.57. The molecular weight excluding hydrogens is 152 g/mol. The zero-order valence-electron chi connectivity index (χ0n) is 8.71. The minimum Gasteiger partial charge on any atom is -0.385 e. The molecule has 3 heteroatoms. The molecule has 0 saturated carbocycles. The second-order valence-corrected chi connectivity index (χ2v) is 3.38. The lowest BCUT2D eigenvalue weighted by Gasteiger charge is -2.29. The van der Waals surface area contributed by atoms with E-state index in [9.17, 15) is 0 Å². The molecule has 74 valence electrons. The highest BCUT2D eigenvalue weighted by Crippen LogP contribution is 2.04. The minimum absolute atomic E-state index is 0.455. The molecule has 0 rings (SSSR count). The van der Waals surface area contributed by atoms with Crippen LogP contribution >= 0.6 is 0 Å². The molecule has 2 unspecified atom stereocenters. The Hall–Kier alpha value is -0.120. The number of methoxy groups -OCH3 is 1. The standard InChI is InChI=1S/C9H22N2O/c1-8(5-6-12-4)11(3)9(2)7-10/h8-9H,5-7,10H2,1-4H3. The van der Waals surface area contributed by atoms with E-state index in [1.807, 2.05) is 0 Å². The summed E-state index contributed by atoms with van der Waals surface area (Å²) in [5.41, 5.74) is 5.57. The Morgan fingerprint density at radius 1 is 1.33 bits per heavy atom. The predicted molar refractivity (Wildman–Crippen MR) is 52.2 cm³/mol. The zero-order chi connectivity index (χ0) is 9.56. The molecule has 0 aromatic rings. The van der Waals surface area contributed by atoms with Crippen molar-refractivity contribution in [3.63, 3.8) is 0 Å². The van der Waals surface area contributed by atoms with Crippen molar-refractivity contribution < 1.29 is 4.74 Å². The molecule has 12 heavy (non-hydrogen) atoms. The summed E-state index contributed by atoms with van der Waals surface area (Å²) in [5, 5.41) is 0. The van der Waals surface area contributed by atoms with E-state index in [1.54, 1.807) is 7.11 Å². The maximum absolute atomic E-state index is 5.57. The molecule has 0 aliphatic rings. The fourth-order valence-corrected chi connectivity index (χ4v) is 1.09. The minimum atomic E-state index is 0.455. The maximum Gasteiger partial charge on any atom is 0.0477 e. The lowest BCUT2D eigenvalue weighted by Crippen LogP contribution is -2.41. The van der Waals surface area contributed by atoms with Crippen LogP contribution in [-0.2, 0) is 4.74 Å². The van der Waals surface area contributed by atoms with Gasteiger partial charge in [-0.3, -0.25) is 4.90 Å². The van der Waals surface area contributed by atoms with Crippen molar-refractivity contribution in [3.05, 3.63) is 0 Å². The number of likely N-dealkylation sites (N-methyl/N-ethyl adjacent to an activating group) is 1. The predicted octanol–water partition coefficient (Wildman–Crippen LogP) is 0.690. The SMILES string of the molecule is COCCC(C)N(C)C(C)CN. The monoisotopic (exact) mass is 174 g/mol. The molecule has 0 radical (unpaired) electrons. The normalized spacial score (nSPS) is 16.5. The highest BCUT2D eigenvalue weighted by molar-refractivity contribution is 4.70. The number of hydrogen-bond donors (Lipinski definition) is 1. The number of hydrogen-bond acceptors (Lipinski definition) is 3. The molecule has 0 spiro atoms. The summed E-state index contributed by atoms with van der Waals surface area (Å²) >= 11 is 0. The van der Waals surface area contributed by atoms with Crippen LogP contribution in [0.25, 0.3) is 0 Å². The highest BCUT2D eigenvalue weighted by Gasteiger charge is 2.13. The Morgan fingerprint density at radius 2 is 1.92 bits per heavy atom. The van der Waals surface area contributed by atoms with Crippen molar-refractivity contribution >= 4 is 0 Å². The zero-order valence-corrected chi connectivity index (χ0v) is 8.71. The average molecular weight is 174 g/mol. The molecule has 3 nitrogen and oxygen atoms in total. The quantitative estimate of drug-likeness (QED) is 0.644. The number of rotatable bonds is 6. The Balaban J connectivity index is 3.67. The summed E-state index contributed by atoms with van der Waals surface area (Å²) in [6.45, 7) is 5.88. The van der Waals surface area contributed by atoms with Crippen LogP contribution < -0.4 is 5.73 Å². The van der Waals surface area contributed by atoms with Crippen molar-refractivity contribution in [3.8, 4) is 0 Å². The first-order valence-electron chi connectivity index (χ1n) is 4.54. The molecule has 2 atom stereocenters. The van der Waals surface area contributed by atoms with E-state index in [4.69, 9.17) is 10.5 Å². The van der Waals surface area contributed by atoms with Gasteiger partial charge in [-0.1, -0.05) is 0 Å². The second kappa shape index (κ2) is 6.40. The first kappa shape index (κ1) is 11.9. The third-order valence-electron chi connectivity index (χ3n) is 2.47. The van der Waals surface area contributed by atoms with Gasteiger partial charge in [-0.2, -0.15) is 0 Å². The van der Waals surface area contributed by atoms with E-state index >= 15 is 0 Å². The second-order valence-electron chi connectivity index (χ2n) is 3.38. The van der Waals surface area contributed by atoms with Gasteiger partial charge in [0, 0.05) is 32.3 Å². The van der Waals surface area contributed by atoms with Gasteiger partial charge in [0.25, 0.3) is 0 Å². The van der Waals surface area contributed by atoms with Crippen molar-refractivity contribution in [2.45, 2.75) is 32.4 Å². The summed E-state index contributed by atoms with van der Waals surface area (Å²) in [5.74, 6) is 0. The van der Waals surface area contributed by atoms with Gasteiger partial charge in [0.15, 0.2) is 0 Å². The molecule has 0 fully saturated rings. The van der Waals surface area contributed by atoms with Gasteiger partial charge in [0.1, 0.15) is 0 Å². The Bertz CT molecular complexity index is 109. The van der Waals surface area contributed by atoms with E-state index in [-0.39, 0.29) is 0 Å². The molecule has 0 aromatic carbocycles. The highest BCUT2D eigenvalue weighted by atomic mass is 16.5. The first-order valence-corrected chi connectivity index (χ1v) is 4.54. The van der Waals surface area contributed by atoms with Gasteiger partial charge in [0.2, 0.25) is 0 Å².